The van der Waals surface area contributed by atoms with Crippen molar-refractivity contribution in [2.24, 2.45) is 0 Å². The molecule has 0 aromatic heterocycles. The lowest BCUT2D eigenvalue weighted by Gasteiger charge is -2.21. The number of carbonyl (C=O) groups excluding carboxylic acids is 1. The van der Waals surface area contributed by atoms with Crippen LogP contribution in [0.4, 0.5) is 13.6 Å². The van der Waals surface area contributed by atoms with Gasteiger partial charge in [0.1, 0.15) is 11.6 Å². The van der Waals surface area contributed by atoms with Crippen LogP contribution in [0, 0.1) is 0 Å². The summed E-state index contributed by atoms with van der Waals surface area (Å²) in [6.45, 7) is 4.90. The molecule has 0 spiro atoms. The van der Waals surface area contributed by atoms with Crippen LogP contribution in [0.1, 0.15) is 27.2 Å². The van der Waals surface area contributed by atoms with Crippen molar-refractivity contribution in [1.82, 2.24) is 5.32 Å². The molecule has 0 heterocycles. The van der Waals surface area contributed by atoms with Gasteiger partial charge in [-0.15, -0.1) is 0 Å². The van der Waals surface area contributed by atoms with Crippen molar-refractivity contribution in [2.75, 3.05) is 5.75 Å². The fraction of sp³-hybridized carbons (Fsp3) is 0.800. The zero-order valence-corrected chi connectivity index (χ0v) is 11.2. The number of aliphatic carboxylic acids is 1. The second-order valence-corrected chi connectivity index (χ2v) is 5.56. The minimum Gasteiger partial charge on any atom is -0.480 e. The third-order valence-corrected chi connectivity index (χ3v) is 2.36. The first-order valence-electron chi connectivity index (χ1n) is 5.24. The summed E-state index contributed by atoms with van der Waals surface area (Å²) in [5.41, 5.74) is -0.745. The van der Waals surface area contributed by atoms with E-state index in [0.717, 1.165) is 0 Å². The van der Waals surface area contributed by atoms with Gasteiger partial charge in [-0.3, -0.25) is 0 Å². The highest BCUT2D eigenvalue weighted by molar-refractivity contribution is 7.99. The number of alkyl carbamates (subject to hydrolysis) is 1. The Morgan fingerprint density at radius 3 is 2.33 bits per heavy atom. The first-order chi connectivity index (χ1) is 8.11. The lowest BCUT2D eigenvalue weighted by atomic mass is 10.2. The third-order valence-electron chi connectivity index (χ3n) is 1.64. The standard InChI is InChI=1S/C10H17F2NO4S/c1-10(2,3)17-9(16)13-6(7(14)15)4-5-18-8(11)12/h6,8H,4-5H2,1-3H3,(H,13,16)(H,14,15)/t6-/m0/s1. The number of carboxylic acid groups (broad SMARTS) is 1. The molecule has 0 unspecified atom stereocenters. The molecule has 1 amide bonds. The Labute approximate surface area is 108 Å². The molecule has 0 saturated carbocycles. The molecule has 0 saturated heterocycles. The number of hydrogen-bond acceptors (Lipinski definition) is 4. The van der Waals surface area contributed by atoms with E-state index in [0.29, 0.717) is 11.8 Å². The van der Waals surface area contributed by atoms with E-state index in [9.17, 15) is 18.4 Å². The first kappa shape index (κ1) is 16.9. The van der Waals surface area contributed by atoms with Gasteiger partial charge in [-0.05, 0) is 27.2 Å². The van der Waals surface area contributed by atoms with Crippen LogP contribution in [0.3, 0.4) is 0 Å². The lowest BCUT2D eigenvalue weighted by Crippen LogP contribution is -2.43. The van der Waals surface area contributed by atoms with E-state index in [1.807, 2.05) is 0 Å². The van der Waals surface area contributed by atoms with E-state index >= 15 is 0 Å². The van der Waals surface area contributed by atoms with E-state index in [-0.39, 0.29) is 12.2 Å². The predicted octanol–water partition coefficient (Wildman–Crippen LogP) is 2.31. The van der Waals surface area contributed by atoms with Crippen molar-refractivity contribution < 1.29 is 28.2 Å². The fourth-order valence-electron chi connectivity index (χ4n) is 0.982. The molecule has 0 aromatic rings. The van der Waals surface area contributed by atoms with Crippen LogP contribution in [0.25, 0.3) is 0 Å². The summed E-state index contributed by atoms with van der Waals surface area (Å²) < 4.78 is 28.6. The number of carboxylic acids is 1. The summed E-state index contributed by atoms with van der Waals surface area (Å²) >= 11 is 0.328. The van der Waals surface area contributed by atoms with Crippen molar-refractivity contribution in [2.45, 2.75) is 44.6 Å². The number of nitrogens with one attached hydrogen (secondary N) is 1. The Hall–Kier alpha value is -1.05. The number of amides is 1. The zero-order chi connectivity index (χ0) is 14.3. The summed E-state index contributed by atoms with van der Waals surface area (Å²) in [6.07, 6.45) is -0.971. The molecule has 1 atom stereocenters. The predicted molar refractivity (Wildman–Crippen MR) is 63.9 cm³/mol. The highest BCUT2D eigenvalue weighted by atomic mass is 32.2. The number of thioether (sulfide) groups is 1. The second-order valence-electron chi connectivity index (χ2n) is 4.46. The van der Waals surface area contributed by atoms with E-state index < -0.39 is 29.5 Å². The van der Waals surface area contributed by atoms with Crippen LogP contribution >= 0.6 is 11.8 Å². The third kappa shape index (κ3) is 9.03. The number of hydrogen-bond donors (Lipinski definition) is 2. The number of alkyl halides is 2. The molecule has 8 heteroatoms. The Bertz CT molecular complexity index is 294. The molecule has 0 aliphatic rings. The van der Waals surface area contributed by atoms with Gasteiger partial charge < -0.3 is 15.2 Å². The normalized spacial score (nSPS) is 13.2. The molecule has 0 radical (unpaired) electrons. The summed E-state index contributed by atoms with van der Waals surface area (Å²) in [5.74, 6) is -3.90. The number of carbonyl (C=O) groups is 2. The maximum Gasteiger partial charge on any atom is 0.408 e. The molecule has 18 heavy (non-hydrogen) atoms. The molecule has 2 N–H and O–H groups in total. The van der Waals surface area contributed by atoms with E-state index in [1.165, 1.54) is 0 Å². The molecular formula is C10H17F2NO4S. The zero-order valence-electron chi connectivity index (χ0n) is 10.4. The van der Waals surface area contributed by atoms with Gasteiger partial charge >= 0.3 is 12.1 Å². The van der Waals surface area contributed by atoms with E-state index in [4.69, 9.17) is 9.84 Å². The van der Waals surface area contributed by atoms with Gasteiger partial charge in [-0.1, -0.05) is 11.8 Å². The molecule has 0 aliphatic heterocycles. The molecule has 0 fully saturated rings. The molecule has 106 valence electrons. The van der Waals surface area contributed by atoms with Crippen molar-refractivity contribution in [1.29, 1.82) is 0 Å². The van der Waals surface area contributed by atoms with Crippen molar-refractivity contribution in [3.63, 3.8) is 0 Å². The topological polar surface area (TPSA) is 75.6 Å². The van der Waals surface area contributed by atoms with Gasteiger partial charge in [0.15, 0.2) is 0 Å². The van der Waals surface area contributed by atoms with E-state index in [1.54, 1.807) is 20.8 Å². The molecule has 5 nitrogen and oxygen atoms in total. The van der Waals surface area contributed by atoms with Gasteiger partial charge in [0.25, 0.3) is 5.76 Å². The van der Waals surface area contributed by atoms with Gasteiger partial charge in [-0.25, -0.2) is 9.59 Å². The lowest BCUT2D eigenvalue weighted by molar-refractivity contribution is -0.139. The smallest absolute Gasteiger partial charge is 0.408 e. The average Bonchev–Trinajstić information content (AvgIpc) is 2.12. The maximum absolute atomic E-state index is 11.9. The highest BCUT2D eigenvalue weighted by Crippen LogP contribution is 2.15. The van der Waals surface area contributed by atoms with Crippen LogP contribution in [0.2, 0.25) is 0 Å². The summed E-state index contributed by atoms with van der Waals surface area (Å²) in [7, 11) is 0. The largest absolute Gasteiger partial charge is 0.480 e. The van der Waals surface area contributed by atoms with Crippen molar-refractivity contribution in [3.05, 3.63) is 0 Å². The highest BCUT2D eigenvalue weighted by Gasteiger charge is 2.23. The van der Waals surface area contributed by atoms with Crippen molar-refractivity contribution in [3.8, 4) is 0 Å². The Morgan fingerprint density at radius 2 is 1.94 bits per heavy atom. The van der Waals surface area contributed by atoms with Gasteiger partial charge in [0, 0.05) is 5.75 Å². The Kier molecular flexibility index (Phi) is 6.97. The van der Waals surface area contributed by atoms with Crippen LogP contribution in [-0.2, 0) is 9.53 Å². The van der Waals surface area contributed by atoms with Crippen LogP contribution in [-0.4, -0.2) is 40.3 Å². The number of halogens is 2. The Balaban J connectivity index is 4.19. The minimum absolute atomic E-state index is 0.0650. The molecular weight excluding hydrogens is 268 g/mol. The van der Waals surface area contributed by atoms with E-state index in [2.05, 4.69) is 5.32 Å². The summed E-state index contributed by atoms with van der Waals surface area (Å²) in [6, 6.07) is -1.23. The summed E-state index contributed by atoms with van der Waals surface area (Å²) in [4.78, 5) is 22.1. The number of ether oxygens (including phenoxy) is 1. The Morgan fingerprint density at radius 1 is 1.39 bits per heavy atom. The first-order valence-corrected chi connectivity index (χ1v) is 6.29. The average molecular weight is 285 g/mol. The maximum atomic E-state index is 11.9. The van der Waals surface area contributed by atoms with Gasteiger partial charge in [0.2, 0.25) is 0 Å². The molecule has 0 rings (SSSR count). The summed E-state index contributed by atoms with van der Waals surface area (Å²) in [5, 5.41) is 10.9. The molecule has 0 aliphatic carbocycles. The quantitative estimate of drug-likeness (QED) is 0.783. The van der Waals surface area contributed by atoms with Gasteiger partial charge in [-0.2, -0.15) is 8.78 Å². The van der Waals surface area contributed by atoms with Crippen molar-refractivity contribution >= 4 is 23.8 Å². The van der Waals surface area contributed by atoms with Gasteiger partial charge in [0.05, 0.1) is 0 Å². The fourth-order valence-corrected chi connectivity index (χ4v) is 1.53. The SMILES string of the molecule is CC(C)(C)OC(=O)N[C@@H](CCSC(F)F)C(=O)O. The van der Waals surface area contributed by atoms with Crippen LogP contribution < -0.4 is 5.32 Å². The number of rotatable bonds is 6. The molecule has 0 aromatic carbocycles. The minimum atomic E-state index is -2.55. The molecule has 0 bridgehead atoms. The second kappa shape index (κ2) is 7.40. The van der Waals surface area contributed by atoms with Crippen LogP contribution in [0.15, 0.2) is 0 Å². The monoisotopic (exact) mass is 285 g/mol. The van der Waals surface area contributed by atoms with Crippen LogP contribution in [0.5, 0.6) is 0 Å².